The fourth-order valence-corrected chi connectivity index (χ4v) is 5.46. The summed E-state index contributed by atoms with van der Waals surface area (Å²) < 4.78 is 19.9. The van der Waals surface area contributed by atoms with E-state index in [0.29, 0.717) is 48.0 Å². The van der Waals surface area contributed by atoms with Gasteiger partial charge in [0.15, 0.2) is 0 Å². The molecule has 0 saturated heterocycles. The topological polar surface area (TPSA) is 104 Å². The predicted molar refractivity (Wildman–Crippen MR) is 154 cm³/mol. The van der Waals surface area contributed by atoms with Crippen molar-refractivity contribution in [1.29, 1.82) is 0 Å². The Balaban J connectivity index is 1.46. The van der Waals surface area contributed by atoms with E-state index in [1.54, 1.807) is 7.11 Å². The van der Waals surface area contributed by atoms with Gasteiger partial charge in [0.05, 0.1) is 7.11 Å². The maximum atomic E-state index is 12.9. The zero-order valence-electron chi connectivity index (χ0n) is 23.9. The number of ether oxygens (including phenoxy) is 3. The van der Waals surface area contributed by atoms with Crippen LogP contribution in [0.1, 0.15) is 19.3 Å². The second-order valence-corrected chi connectivity index (χ2v) is 17.8. The molecule has 0 aromatic carbocycles. The number of hydrogen-bond acceptors (Lipinski definition) is 8. The molecule has 1 amide bonds. The highest BCUT2D eigenvalue weighted by Gasteiger charge is 2.43. The first kappa shape index (κ1) is 27.5. The number of hydrogen-bond donors (Lipinski definition) is 1. The molecule has 3 heterocycles. The van der Waals surface area contributed by atoms with Crippen molar-refractivity contribution < 1.29 is 19.0 Å². The molecule has 0 spiro atoms. The molecule has 2 unspecified atom stereocenters. The highest BCUT2D eigenvalue weighted by molar-refractivity contribution is 6.76. The van der Waals surface area contributed by atoms with Gasteiger partial charge < -0.3 is 29.0 Å². The van der Waals surface area contributed by atoms with Gasteiger partial charge in [-0.25, -0.2) is 15.0 Å². The SMILES string of the molecule is COc1ncnc(OC2CC2)c1-c1cn(COCC[Si](C)(C)C)c2nc(NC(=O)C3CC3CN(C)C)ccc12. The van der Waals surface area contributed by atoms with Crippen molar-refractivity contribution >= 4 is 30.8 Å². The summed E-state index contributed by atoms with van der Waals surface area (Å²) >= 11 is 0. The summed E-state index contributed by atoms with van der Waals surface area (Å²) in [7, 11) is 4.44. The standard InChI is InChI=1S/C28H40N6O4Si/c1-33(2)14-18-13-21(18)26(35)32-23-10-9-20-22(15-34(25(20)31-23)17-37-11-12-39(4,5)6)24-27(36-3)29-16-30-28(24)38-19-7-8-19/h9-10,15-16,18-19,21H,7-8,11-14,17H2,1-6H3,(H,31,32,35). The van der Waals surface area contributed by atoms with Crippen LogP contribution in [0.5, 0.6) is 11.8 Å². The number of pyridine rings is 1. The van der Waals surface area contributed by atoms with E-state index < -0.39 is 8.07 Å². The number of rotatable bonds is 13. The molecule has 0 bridgehead atoms. The van der Waals surface area contributed by atoms with Gasteiger partial charge in [-0.3, -0.25) is 4.79 Å². The van der Waals surface area contributed by atoms with Crippen LogP contribution in [0.4, 0.5) is 5.82 Å². The van der Waals surface area contributed by atoms with Gasteiger partial charge in [0.25, 0.3) is 0 Å². The van der Waals surface area contributed by atoms with Gasteiger partial charge in [-0.2, -0.15) is 0 Å². The second-order valence-electron chi connectivity index (χ2n) is 12.2. The molecule has 2 fully saturated rings. The van der Waals surface area contributed by atoms with Crippen LogP contribution in [-0.2, 0) is 16.3 Å². The molecule has 2 aliphatic rings. The molecule has 3 aromatic heterocycles. The summed E-state index contributed by atoms with van der Waals surface area (Å²) in [4.78, 5) is 28.7. The number of methoxy groups -OCH3 is 1. The highest BCUT2D eigenvalue weighted by atomic mass is 28.3. The molecule has 0 aliphatic heterocycles. The summed E-state index contributed by atoms with van der Waals surface area (Å²) in [5, 5.41) is 3.92. The summed E-state index contributed by atoms with van der Waals surface area (Å²) in [5.74, 6) is 1.93. The highest BCUT2D eigenvalue weighted by Crippen LogP contribution is 2.43. The third-order valence-corrected chi connectivity index (χ3v) is 8.81. The molecule has 2 atom stereocenters. The normalized spacial score (nSPS) is 18.9. The third kappa shape index (κ3) is 6.77. The predicted octanol–water partition coefficient (Wildman–Crippen LogP) is 4.49. The number of nitrogens with one attached hydrogen (secondary N) is 1. The van der Waals surface area contributed by atoms with Gasteiger partial charge in [-0.15, -0.1) is 0 Å². The molecule has 3 aromatic rings. The van der Waals surface area contributed by atoms with Gasteiger partial charge in [0.1, 0.15) is 36.2 Å². The van der Waals surface area contributed by atoms with Crippen LogP contribution < -0.4 is 14.8 Å². The Hall–Kier alpha value is -3.02. The molecular formula is C28H40N6O4Si. The zero-order valence-corrected chi connectivity index (χ0v) is 24.9. The Morgan fingerprint density at radius 3 is 2.64 bits per heavy atom. The number of carbonyl (C=O) groups is 1. The van der Waals surface area contributed by atoms with Gasteiger partial charge in [-0.05, 0) is 57.5 Å². The van der Waals surface area contributed by atoms with Crippen LogP contribution in [0.15, 0.2) is 24.7 Å². The molecule has 210 valence electrons. The summed E-state index contributed by atoms with van der Waals surface area (Å²) in [6.07, 6.45) is 6.56. The molecule has 10 nitrogen and oxygen atoms in total. The zero-order chi connectivity index (χ0) is 27.7. The van der Waals surface area contributed by atoms with Crippen LogP contribution >= 0.6 is 0 Å². The summed E-state index contributed by atoms with van der Waals surface area (Å²) in [6, 6.07) is 4.90. The van der Waals surface area contributed by atoms with Crippen LogP contribution in [0, 0.1) is 11.8 Å². The minimum atomic E-state index is -1.22. The smallest absolute Gasteiger partial charge is 0.228 e. The molecular weight excluding hydrogens is 512 g/mol. The molecule has 1 N–H and O–H groups in total. The first-order valence-electron chi connectivity index (χ1n) is 13.7. The quantitative estimate of drug-likeness (QED) is 0.244. The maximum Gasteiger partial charge on any atom is 0.228 e. The monoisotopic (exact) mass is 552 g/mol. The average Bonchev–Trinajstić information content (AvgIpc) is 3.80. The minimum absolute atomic E-state index is 0.0247. The van der Waals surface area contributed by atoms with E-state index >= 15 is 0 Å². The Morgan fingerprint density at radius 2 is 1.95 bits per heavy atom. The van der Waals surface area contributed by atoms with Crippen molar-refractivity contribution in [2.45, 2.75) is 57.8 Å². The van der Waals surface area contributed by atoms with E-state index in [1.807, 2.05) is 37.0 Å². The van der Waals surface area contributed by atoms with Crippen molar-refractivity contribution in [2.75, 3.05) is 39.7 Å². The van der Waals surface area contributed by atoms with Gasteiger partial charge in [0.2, 0.25) is 17.7 Å². The number of aromatic nitrogens is 4. The lowest BCUT2D eigenvalue weighted by atomic mass is 10.1. The van der Waals surface area contributed by atoms with Crippen molar-refractivity contribution in [1.82, 2.24) is 24.4 Å². The lowest BCUT2D eigenvalue weighted by Crippen LogP contribution is -2.22. The van der Waals surface area contributed by atoms with E-state index in [2.05, 4.69) is 39.8 Å². The van der Waals surface area contributed by atoms with E-state index in [4.69, 9.17) is 19.2 Å². The fourth-order valence-electron chi connectivity index (χ4n) is 4.70. The lowest BCUT2D eigenvalue weighted by Gasteiger charge is -2.15. The molecule has 5 rings (SSSR count). The molecule has 2 aliphatic carbocycles. The average molecular weight is 553 g/mol. The van der Waals surface area contributed by atoms with Crippen molar-refractivity contribution in [3.05, 3.63) is 24.7 Å². The third-order valence-electron chi connectivity index (χ3n) is 7.10. The molecule has 0 radical (unpaired) electrons. The van der Waals surface area contributed by atoms with Crippen LogP contribution in [0.3, 0.4) is 0 Å². The van der Waals surface area contributed by atoms with E-state index in [9.17, 15) is 4.79 Å². The van der Waals surface area contributed by atoms with E-state index in [1.165, 1.54) is 6.33 Å². The Labute approximate surface area is 231 Å². The number of carbonyl (C=O) groups excluding carboxylic acids is 1. The number of fused-ring (bicyclic) bond motifs is 1. The van der Waals surface area contributed by atoms with Crippen LogP contribution in [-0.4, -0.2) is 78.9 Å². The number of amides is 1. The Bertz CT molecular complexity index is 1330. The molecule has 39 heavy (non-hydrogen) atoms. The Kier molecular flexibility index (Phi) is 7.93. The summed E-state index contributed by atoms with van der Waals surface area (Å²) in [6.45, 7) is 8.95. The summed E-state index contributed by atoms with van der Waals surface area (Å²) in [5.41, 5.74) is 2.26. The lowest BCUT2D eigenvalue weighted by molar-refractivity contribution is -0.117. The molecule has 11 heteroatoms. The second kappa shape index (κ2) is 11.2. The minimum Gasteiger partial charge on any atom is -0.480 e. The maximum absolute atomic E-state index is 12.9. The van der Waals surface area contributed by atoms with Gasteiger partial charge in [0, 0.05) is 44.3 Å². The largest absolute Gasteiger partial charge is 0.480 e. The van der Waals surface area contributed by atoms with Crippen molar-refractivity contribution in [3.63, 3.8) is 0 Å². The van der Waals surface area contributed by atoms with Gasteiger partial charge >= 0.3 is 0 Å². The van der Waals surface area contributed by atoms with Crippen molar-refractivity contribution in [3.8, 4) is 22.9 Å². The fraction of sp³-hybridized carbons (Fsp3) is 0.571. The van der Waals surface area contributed by atoms with E-state index in [0.717, 1.165) is 42.8 Å². The molecule has 2 saturated carbocycles. The first-order valence-corrected chi connectivity index (χ1v) is 17.4. The Morgan fingerprint density at radius 1 is 1.18 bits per heavy atom. The van der Waals surface area contributed by atoms with Crippen LogP contribution in [0.25, 0.3) is 22.2 Å². The van der Waals surface area contributed by atoms with E-state index in [-0.39, 0.29) is 17.9 Å². The van der Waals surface area contributed by atoms with Crippen LogP contribution in [0.2, 0.25) is 25.7 Å². The van der Waals surface area contributed by atoms with Crippen molar-refractivity contribution in [2.24, 2.45) is 11.8 Å². The first-order chi connectivity index (χ1) is 18.6. The number of anilines is 1. The van der Waals surface area contributed by atoms with Gasteiger partial charge in [-0.1, -0.05) is 19.6 Å². The number of nitrogens with zero attached hydrogens (tertiary/aromatic N) is 5.